The van der Waals surface area contributed by atoms with Gasteiger partial charge in [-0.2, -0.15) is 0 Å². The van der Waals surface area contributed by atoms with E-state index in [1.165, 1.54) is 11.8 Å². The number of benzene rings is 1. The van der Waals surface area contributed by atoms with Crippen molar-refractivity contribution < 1.29 is 4.79 Å². The predicted octanol–water partition coefficient (Wildman–Crippen LogP) is 3.02. The van der Waals surface area contributed by atoms with Gasteiger partial charge in [-0.15, -0.1) is 20.4 Å². The molecule has 0 aliphatic rings. The molecular formula is C16H14N6OS2. The van der Waals surface area contributed by atoms with Crippen LogP contribution in [0, 0.1) is 0 Å². The molecule has 3 aromatic heterocycles. The summed E-state index contributed by atoms with van der Waals surface area (Å²) < 4.78 is 3.16. The van der Waals surface area contributed by atoms with Crippen LogP contribution >= 0.6 is 23.1 Å². The van der Waals surface area contributed by atoms with Gasteiger partial charge in [-0.05, 0) is 49.9 Å². The lowest BCUT2D eigenvalue weighted by Crippen LogP contribution is -2.30. The lowest BCUT2D eigenvalue weighted by molar-refractivity contribution is 0.0937. The first-order valence-corrected chi connectivity index (χ1v) is 9.30. The van der Waals surface area contributed by atoms with Crippen molar-refractivity contribution in [3.63, 3.8) is 0 Å². The lowest BCUT2D eigenvalue weighted by atomic mass is 10.3. The Hall–Kier alpha value is -2.52. The highest BCUT2D eigenvalue weighted by molar-refractivity contribution is 7.99. The fraction of sp³-hybridized carbons (Fsp3) is 0.188. The van der Waals surface area contributed by atoms with Crippen LogP contribution in [0.3, 0.4) is 0 Å². The van der Waals surface area contributed by atoms with E-state index in [2.05, 4.69) is 31.8 Å². The van der Waals surface area contributed by atoms with Crippen LogP contribution in [0.5, 0.6) is 0 Å². The first kappa shape index (κ1) is 16.0. The monoisotopic (exact) mass is 370 g/mol. The van der Waals surface area contributed by atoms with Crippen molar-refractivity contribution in [2.24, 2.45) is 0 Å². The Morgan fingerprint density at radius 2 is 1.96 bits per heavy atom. The van der Waals surface area contributed by atoms with Gasteiger partial charge in [0.2, 0.25) is 10.1 Å². The number of hydrogen-bond donors (Lipinski definition) is 1. The maximum atomic E-state index is 11.9. The molecule has 0 saturated carbocycles. The Morgan fingerprint density at radius 3 is 2.72 bits per heavy atom. The summed E-state index contributed by atoms with van der Waals surface area (Å²) in [5.41, 5.74) is 1.36. The number of nitrogens with one attached hydrogen (secondary N) is 1. The van der Waals surface area contributed by atoms with E-state index < -0.39 is 0 Å². The number of hydrogen-bond acceptors (Lipinski definition) is 7. The second-order valence-electron chi connectivity index (χ2n) is 5.66. The molecule has 1 amide bonds. The zero-order valence-corrected chi connectivity index (χ0v) is 15.1. The molecule has 3 heterocycles. The van der Waals surface area contributed by atoms with E-state index in [0.29, 0.717) is 10.7 Å². The van der Waals surface area contributed by atoms with Crippen LogP contribution in [0.15, 0.2) is 46.6 Å². The summed E-state index contributed by atoms with van der Waals surface area (Å²) in [6, 6.07) is 11.6. The van der Waals surface area contributed by atoms with Gasteiger partial charge in [0, 0.05) is 6.04 Å². The largest absolute Gasteiger partial charge is 0.348 e. The highest BCUT2D eigenvalue weighted by Crippen LogP contribution is 2.31. The van der Waals surface area contributed by atoms with Gasteiger partial charge in [-0.25, -0.2) is 0 Å². The molecule has 0 spiro atoms. The molecule has 0 bridgehead atoms. The third-order valence-electron chi connectivity index (χ3n) is 3.40. The van der Waals surface area contributed by atoms with Crippen molar-refractivity contribution >= 4 is 44.2 Å². The Balaban J connectivity index is 1.62. The van der Waals surface area contributed by atoms with Gasteiger partial charge in [0.1, 0.15) is 5.03 Å². The molecule has 4 rings (SSSR count). The van der Waals surface area contributed by atoms with Gasteiger partial charge < -0.3 is 5.32 Å². The van der Waals surface area contributed by atoms with Gasteiger partial charge in [0.15, 0.2) is 5.69 Å². The molecule has 1 N–H and O–H groups in total. The quantitative estimate of drug-likeness (QED) is 0.594. The minimum absolute atomic E-state index is 0.0551. The van der Waals surface area contributed by atoms with Crippen LogP contribution in [-0.4, -0.2) is 36.7 Å². The molecule has 0 saturated heterocycles. The van der Waals surface area contributed by atoms with E-state index in [4.69, 9.17) is 0 Å². The number of carbonyl (C=O) groups is 1. The highest BCUT2D eigenvalue weighted by Gasteiger charge is 2.15. The standard InChI is InChI=1S/C16H14N6OS2/c1-9(2)17-14(23)10-7-8-13(19-18-10)25-16-21-20-15-22(16)11-5-3-4-6-12(11)24-15/h3-9H,1-2H3,(H,17,23). The fourth-order valence-electron chi connectivity index (χ4n) is 2.35. The molecule has 0 aliphatic heterocycles. The third-order valence-corrected chi connectivity index (χ3v) is 5.29. The Labute approximate surface area is 151 Å². The van der Waals surface area contributed by atoms with Gasteiger partial charge in [-0.3, -0.25) is 9.20 Å². The number of nitrogens with zero attached hydrogens (tertiary/aromatic N) is 5. The van der Waals surface area contributed by atoms with E-state index in [9.17, 15) is 4.79 Å². The number of amides is 1. The number of carbonyl (C=O) groups excluding carboxylic acids is 1. The number of rotatable bonds is 4. The molecule has 25 heavy (non-hydrogen) atoms. The smallest absolute Gasteiger partial charge is 0.271 e. The van der Waals surface area contributed by atoms with Gasteiger partial charge in [0.25, 0.3) is 5.91 Å². The molecule has 4 aromatic rings. The minimum Gasteiger partial charge on any atom is -0.348 e. The lowest BCUT2D eigenvalue weighted by Gasteiger charge is -2.07. The summed E-state index contributed by atoms with van der Waals surface area (Å²) in [6.45, 7) is 3.80. The van der Waals surface area contributed by atoms with Crippen molar-refractivity contribution in [3.05, 3.63) is 42.1 Å². The van der Waals surface area contributed by atoms with Crippen LogP contribution in [0.25, 0.3) is 15.2 Å². The molecular weight excluding hydrogens is 356 g/mol. The maximum absolute atomic E-state index is 11.9. The molecule has 7 nitrogen and oxygen atoms in total. The van der Waals surface area contributed by atoms with E-state index in [1.54, 1.807) is 23.5 Å². The van der Waals surface area contributed by atoms with Crippen molar-refractivity contribution in [2.45, 2.75) is 30.1 Å². The average molecular weight is 370 g/mol. The number of fused-ring (bicyclic) bond motifs is 3. The van der Waals surface area contributed by atoms with Crippen LogP contribution in [0.2, 0.25) is 0 Å². The molecule has 126 valence electrons. The van der Waals surface area contributed by atoms with E-state index in [0.717, 1.165) is 20.3 Å². The summed E-state index contributed by atoms with van der Waals surface area (Å²) in [5.74, 6) is -0.229. The Morgan fingerprint density at radius 1 is 1.12 bits per heavy atom. The van der Waals surface area contributed by atoms with Crippen LogP contribution in [0.1, 0.15) is 24.3 Å². The highest BCUT2D eigenvalue weighted by atomic mass is 32.2. The molecule has 1 aromatic carbocycles. The second kappa shape index (κ2) is 6.41. The van der Waals surface area contributed by atoms with Crippen LogP contribution in [-0.2, 0) is 0 Å². The number of para-hydroxylation sites is 1. The van der Waals surface area contributed by atoms with E-state index in [1.807, 2.05) is 36.4 Å². The van der Waals surface area contributed by atoms with Crippen molar-refractivity contribution in [1.82, 2.24) is 30.1 Å². The molecule has 0 unspecified atom stereocenters. The fourth-order valence-corrected chi connectivity index (χ4v) is 4.13. The first-order chi connectivity index (χ1) is 12.1. The number of thiazole rings is 1. The normalized spacial score (nSPS) is 11.5. The van der Waals surface area contributed by atoms with Gasteiger partial charge in [0.05, 0.1) is 10.2 Å². The molecule has 0 radical (unpaired) electrons. The van der Waals surface area contributed by atoms with Crippen molar-refractivity contribution in [1.29, 1.82) is 0 Å². The van der Waals surface area contributed by atoms with Gasteiger partial charge in [-0.1, -0.05) is 23.5 Å². The van der Waals surface area contributed by atoms with E-state index >= 15 is 0 Å². The first-order valence-electron chi connectivity index (χ1n) is 7.67. The minimum atomic E-state index is -0.229. The van der Waals surface area contributed by atoms with E-state index in [-0.39, 0.29) is 11.9 Å². The summed E-state index contributed by atoms with van der Waals surface area (Å²) in [6.07, 6.45) is 0. The third kappa shape index (κ3) is 3.08. The maximum Gasteiger partial charge on any atom is 0.271 e. The summed E-state index contributed by atoms with van der Waals surface area (Å²) in [5, 5.41) is 20.8. The van der Waals surface area contributed by atoms with Crippen molar-refractivity contribution in [2.75, 3.05) is 0 Å². The molecule has 0 fully saturated rings. The Kier molecular flexibility index (Phi) is 4.10. The second-order valence-corrected chi connectivity index (χ2v) is 7.65. The zero-order valence-electron chi connectivity index (χ0n) is 13.5. The van der Waals surface area contributed by atoms with Crippen LogP contribution < -0.4 is 5.32 Å². The van der Waals surface area contributed by atoms with Gasteiger partial charge >= 0.3 is 0 Å². The number of aromatic nitrogens is 5. The average Bonchev–Trinajstić information content (AvgIpc) is 3.15. The summed E-state index contributed by atoms with van der Waals surface area (Å²) in [7, 11) is 0. The van der Waals surface area contributed by atoms with Crippen LogP contribution in [0.4, 0.5) is 0 Å². The summed E-state index contributed by atoms with van der Waals surface area (Å²) in [4.78, 5) is 12.8. The molecule has 9 heteroatoms. The predicted molar refractivity (Wildman–Crippen MR) is 97.1 cm³/mol. The molecule has 0 atom stereocenters. The molecule has 0 aliphatic carbocycles. The Bertz CT molecular complexity index is 1050. The van der Waals surface area contributed by atoms with Crippen molar-refractivity contribution in [3.8, 4) is 0 Å². The summed E-state index contributed by atoms with van der Waals surface area (Å²) >= 11 is 2.96. The SMILES string of the molecule is CC(C)NC(=O)c1ccc(Sc2nnc3sc4ccccc4n23)nn1. The zero-order chi connectivity index (χ0) is 17.4. The topological polar surface area (TPSA) is 85.1 Å².